The summed E-state index contributed by atoms with van der Waals surface area (Å²) in [6, 6.07) is 7.47. The van der Waals surface area contributed by atoms with Gasteiger partial charge in [0.25, 0.3) is 0 Å². The Kier molecular flexibility index (Phi) is 4.87. The fourth-order valence-corrected chi connectivity index (χ4v) is 2.77. The summed E-state index contributed by atoms with van der Waals surface area (Å²) in [6.07, 6.45) is 3.51. The predicted octanol–water partition coefficient (Wildman–Crippen LogP) is 4.23. The van der Waals surface area contributed by atoms with E-state index in [0.717, 1.165) is 25.2 Å². The minimum Gasteiger partial charge on any atom is -0.493 e. The van der Waals surface area contributed by atoms with Crippen LogP contribution < -0.4 is 10.1 Å². The van der Waals surface area contributed by atoms with Crippen LogP contribution in [-0.2, 0) is 0 Å². The van der Waals surface area contributed by atoms with Gasteiger partial charge < -0.3 is 10.1 Å². The maximum Gasteiger partial charge on any atom is 0.126 e. The van der Waals surface area contributed by atoms with Gasteiger partial charge in [0.1, 0.15) is 5.75 Å². The van der Waals surface area contributed by atoms with Gasteiger partial charge >= 0.3 is 0 Å². The summed E-state index contributed by atoms with van der Waals surface area (Å²) in [5.74, 6) is 1.81. The molecule has 2 nitrogen and oxygen atoms in total. The summed E-state index contributed by atoms with van der Waals surface area (Å²) in [5.41, 5.74) is 2.59. The van der Waals surface area contributed by atoms with Crippen LogP contribution in [0.1, 0.15) is 57.2 Å². The third-order valence-electron chi connectivity index (χ3n) is 4.46. The van der Waals surface area contributed by atoms with Crippen LogP contribution in [0.3, 0.4) is 0 Å². The van der Waals surface area contributed by atoms with Gasteiger partial charge in [-0.1, -0.05) is 38.5 Å². The van der Waals surface area contributed by atoms with Crippen molar-refractivity contribution in [1.82, 2.24) is 5.32 Å². The molecule has 1 heterocycles. The van der Waals surface area contributed by atoms with Crippen molar-refractivity contribution in [1.29, 1.82) is 0 Å². The van der Waals surface area contributed by atoms with Crippen molar-refractivity contribution < 1.29 is 4.74 Å². The molecular weight excluding hydrogens is 234 g/mol. The first-order chi connectivity index (χ1) is 9.13. The van der Waals surface area contributed by atoms with Gasteiger partial charge in [-0.2, -0.15) is 0 Å². The van der Waals surface area contributed by atoms with Crippen molar-refractivity contribution in [3.8, 4) is 5.75 Å². The van der Waals surface area contributed by atoms with E-state index >= 15 is 0 Å². The van der Waals surface area contributed by atoms with Crippen LogP contribution in [0.5, 0.6) is 5.75 Å². The average Bonchev–Trinajstić information content (AvgIpc) is 2.62. The van der Waals surface area contributed by atoms with Gasteiger partial charge in [0, 0.05) is 17.6 Å². The molecule has 19 heavy (non-hydrogen) atoms. The fourth-order valence-electron chi connectivity index (χ4n) is 2.77. The van der Waals surface area contributed by atoms with Crippen molar-refractivity contribution in [2.24, 2.45) is 5.92 Å². The molecule has 0 aromatic heterocycles. The van der Waals surface area contributed by atoms with E-state index in [2.05, 4.69) is 51.2 Å². The molecule has 3 atom stereocenters. The SMILES string of the molecule is CCC(C)C(C)NC1CCCOc2c(C)cccc21. The van der Waals surface area contributed by atoms with E-state index in [0.29, 0.717) is 18.0 Å². The minimum absolute atomic E-state index is 0.432. The number of hydrogen-bond acceptors (Lipinski definition) is 2. The molecule has 1 aliphatic rings. The molecule has 1 N–H and O–H groups in total. The summed E-state index contributed by atoms with van der Waals surface area (Å²) in [5, 5.41) is 3.81. The van der Waals surface area contributed by atoms with Crippen LogP contribution in [0.4, 0.5) is 0 Å². The van der Waals surface area contributed by atoms with Crippen LogP contribution in [0, 0.1) is 12.8 Å². The van der Waals surface area contributed by atoms with E-state index in [1.54, 1.807) is 0 Å². The molecule has 2 heteroatoms. The molecule has 0 spiro atoms. The van der Waals surface area contributed by atoms with Gasteiger partial charge in [-0.05, 0) is 38.2 Å². The highest BCUT2D eigenvalue weighted by molar-refractivity contribution is 5.43. The van der Waals surface area contributed by atoms with Crippen LogP contribution in [0.2, 0.25) is 0 Å². The summed E-state index contributed by atoms with van der Waals surface area (Å²) < 4.78 is 5.94. The maximum absolute atomic E-state index is 5.94. The third kappa shape index (κ3) is 3.30. The van der Waals surface area contributed by atoms with E-state index < -0.39 is 0 Å². The zero-order chi connectivity index (χ0) is 13.8. The standard InChI is InChI=1S/C17H27NO/c1-5-12(2)14(4)18-16-10-7-11-19-17-13(3)8-6-9-15(16)17/h6,8-9,12,14,16,18H,5,7,10-11H2,1-4H3. The summed E-state index contributed by atoms with van der Waals surface area (Å²) in [7, 11) is 0. The van der Waals surface area contributed by atoms with Crippen molar-refractivity contribution in [2.75, 3.05) is 6.61 Å². The Bertz CT molecular complexity index is 416. The number of aryl methyl sites for hydroxylation is 1. The topological polar surface area (TPSA) is 21.3 Å². The molecule has 0 amide bonds. The molecule has 0 radical (unpaired) electrons. The molecule has 0 saturated heterocycles. The zero-order valence-corrected chi connectivity index (χ0v) is 12.7. The number of para-hydroxylation sites is 1. The largest absolute Gasteiger partial charge is 0.493 e. The van der Waals surface area contributed by atoms with Crippen molar-refractivity contribution in [3.05, 3.63) is 29.3 Å². The summed E-state index contributed by atoms with van der Waals surface area (Å²) >= 11 is 0. The average molecular weight is 261 g/mol. The molecular formula is C17H27NO. The first kappa shape index (κ1) is 14.4. The Morgan fingerprint density at radius 1 is 1.37 bits per heavy atom. The smallest absolute Gasteiger partial charge is 0.126 e. The fraction of sp³-hybridized carbons (Fsp3) is 0.647. The number of ether oxygens (including phenoxy) is 1. The van der Waals surface area contributed by atoms with E-state index in [9.17, 15) is 0 Å². The Labute approximate surface area is 117 Å². The second kappa shape index (κ2) is 6.42. The Morgan fingerprint density at radius 3 is 2.89 bits per heavy atom. The van der Waals surface area contributed by atoms with Gasteiger partial charge in [-0.15, -0.1) is 0 Å². The lowest BCUT2D eigenvalue weighted by Gasteiger charge is -2.27. The Hall–Kier alpha value is -1.02. The first-order valence-electron chi connectivity index (χ1n) is 7.61. The normalized spacial score (nSPS) is 22.0. The molecule has 2 rings (SSSR count). The van der Waals surface area contributed by atoms with Crippen LogP contribution in [0.15, 0.2) is 18.2 Å². The zero-order valence-electron chi connectivity index (χ0n) is 12.7. The number of benzene rings is 1. The molecule has 106 valence electrons. The quantitative estimate of drug-likeness (QED) is 0.875. The van der Waals surface area contributed by atoms with E-state index in [4.69, 9.17) is 4.74 Å². The van der Waals surface area contributed by atoms with Crippen molar-refractivity contribution >= 4 is 0 Å². The first-order valence-corrected chi connectivity index (χ1v) is 7.61. The van der Waals surface area contributed by atoms with Gasteiger partial charge in [-0.25, -0.2) is 0 Å². The van der Waals surface area contributed by atoms with E-state index in [1.165, 1.54) is 17.5 Å². The molecule has 1 aromatic rings. The molecule has 0 bridgehead atoms. The van der Waals surface area contributed by atoms with Crippen molar-refractivity contribution in [3.63, 3.8) is 0 Å². The highest BCUT2D eigenvalue weighted by Crippen LogP contribution is 2.34. The van der Waals surface area contributed by atoms with E-state index in [1.807, 2.05) is 0 Å². The van der Waals surface area contributed by atoms with Crippen molar-refractivity contribution in [2.45, 2.75) is 59.0 Å². The minimum atomic E-state index is 0.432. The monoisotopic (exact) mass is 261 g/mol. The molecule has 1 aromatic carbocycles. The lowest BCUT2D eigenvalue weighted by atomic mass is 9.95. The molecule has 0 saturated carbocycles. The van der Waals surface area contributed by atoms with Gasteiger partial charge in [0.05, 0.1) is 6.61 Å². The maximum atomic E-state index is 5.94. The lowest BCUT2D eigenvalue weighted by molar-refractivity contribution is 0.309. The van der Waals surface area contributed by atoms with Gasteiger partial charge in [-0.3, -0.25) is 0 Å². The highest BCUT2D eigenvalue weighted by atomic mass is 16.5. The second-order valence-corrected chi connectivity index (χ2v) is 5.88. The summed E-state index contributed by atoms with van der Waals surface area (Å²) in [6.45, 7) is 9.86. The number of rotatable bonds is 4. The highest BCUT2D eigenvalue weighted by Gasteiger charge is 2.23. The number of fused-ring (bicyclic) bond motifs is 1. The second-order valence-electron chi connectivity index (χ2n) is 5.88. The van der Waals surface area contributed by atoms with Crippen LogP contribution in [0.25, 0.3) is 0 Å². The Morgan fingerprint density at radius 2 is 2.16 bits per heavy atom. The molecule has 0 aliphatic carbocycles. The predicted molar refractivity (Wildman–Crippen MR) is 80.7 cm³/mol. The molecule has 0 fully saturated rings. The van der Waals surface area contributed by atoms with Crippen LogP contribution >= 0.6 is 0 Å². The van der Waals surface area contributed by atoms with Crippen LogP contribution in [-0.4, -0.2) is 12.6 Å². The molecule has 1 aliphatic heterocycles. The number of hydrogen-bond donors (Lipinski definition) is 1. The Balaban J connectivity index is 2.20. The lowest BCUT2D eigenvalue weighted by Crippen LogP contribution is -2.35. The number of nitrogens with one attached hydrogen (secondary N) is 1. The third-order valence-corrected chi connectivity index (χ3v) is 4.46. The van der Waals surface area contributed by atoms with Gasteiger partial charge in [0.2, 0.25) is 0 Å². The summed E-state index contributed by atoms with van der Waals surface area (Å²) in [4.78, 5) is 0. The van der Waals surface area contributed by atoms with Gasteiger partial charge in [0.15, 0.2) is 0 Å². The molecule has 3 unspecified atom stereocenters. The van der Waals surface area contributed by atoms with E-state index in [-0.39, 0.29) is 0 Å².